The second kappa shape index (κ2) is 11.7. The summed E-state index contributed by atoms with van der Waals surface area (Å²) in [6, 6.07) is 18.0. The molecule has 2 amide bonds. The molecule has 1 fully saturated rings. The van der Waals surface area contributed by atoms with E-state index >= 15 is 0 Å². The maximum absolute atomic E-state index is 14.1. The molecule has 1 saturated carbocycles. The van der Waals surface area contributed by atoms with Gasteiger partial charge in [0.2, 0.25) is 12.0 Å². The minimum absolute atomic E-state index is 0.0797. The number of fused-ring (bicyclic) bond motifs is 1. The number of para-hydroxylation sites is 2. The van der Waals surface area contributed by atoms with E-state index in [1.807, 2.05) is 60.0 Å². The van der Waals surface area contributed by atoms with Crippen LogP contribution in [0.3, 0.4) is 0 Å². The van der Waals surface area contributed by atoms with Crippen molar-refractivity contribution < 1.29 is 23.8 Å². The molecular formula is C29H32N2O5S. The first-order valence-electron chi connectivity index (χ1n) is 12.8. The third kappa shape index (κ3) is 5.91. The summed E-state index contributed by atoms with van der Waals surface area (Å²) in [5, 5.41) is 5.18. The average molecular weight is 521 g/mol. The van der Waals surface area contributed by atoms with E-state index in [1.54, 1.807) is 18.1 Å². The SMILES string of the molecule is COc1ccc(CN(C(=O)[C@@H]2COc3ccccc3O2)[C@@H](C(=O)NC2CCCCC2)c2cccs2)cc1. The van der Waals surface area contributed by atoms with Crippen molar-refractivity contribution in [2.24, 2.45) is 0 Å². The van der Waals surface area contributed by atoms with Gasteiger partial charge in [-0.15, -0.1) is 11.3 Å². The van der Waals surface area contributed by atoms with Gasteiger partial charge in [0.25, 0.3) is 5.91 Å². The number of ether oxygens (including phenoxy) is 3. The Hall–Kier alpha value is -3.52. The molecule has 2 aromatic carbocycles. The zero-order chi connectivity index (χ0) is 25.6. The van der Waals surface area contributed by atoms with Gasteiger partial charge in [0.1, 0.15) is 18.4 Å². The van der Waals surface area contributed by atoms with Crippen LogP contribution in [-0.4, -0.2) is 42.6 Å². The standard InChI is InChI=1S/C29H32N2O5S/c1-34-22-15-13-20(14-16-22)18-31(29(33)25-19-35-23-10-5-6-11-24(23)36-25)27(26-12-7-17-37-26)28(32)30-21-8-3-2-4-9-21/h5-7,10-17,21,25,27H,2-4,8-9,18-19H2,1H3,(H,30,32)/t25-,27+/m0/s1. The Bertz CT molecular complexity index is 1190. The topological polar surface area (TPSA) is 77.1 Å². The molecule has 0 unspecified atom stereocenters. The van der Waals surface area contributed by atoms with Gasteiger partial charge in [0.05, 0.1) is 7.11 Å². The van der Waals surface area contributed by atoms with E-state index in [2.05, 4.69) is 5.32 Å². The number of carbonyl (C=O) groups excluding carboxylic acids is 2. The van der Waals surface area contributed by atoms with Gasteiger partial charge >= 0.3 is 0 Å². The Morgan fingerprint density at radius 3 is 2.49 bits per heavy atom. The van der Waals surface area contributed by atoms with E-state index < -0.39 is 12.1 Å². The Labute approximate surface area is 221 Å². The maximum Gasteiger partial charge on any atom is 0.268 e. The summed E-state index contributed by atoms with van der Waals surface area (Å²) < 4.78 is 17.2. The van der Waals surface area contributed by atoms with E-state index in [1.165, 1.54) is 17.8 Å². The van der Waals surface area contributed by atoms with Crippen LogP contribution >= 0.6 is 11.3 Å². The van der Waals surface area contributed by atoms with Crippen LogP contribution in [0.2, 0.25) is 0 Å². The van der Waals surface area contributed by atoms with Crippen molar-refractivity contribution in [1.82, 2.24) is 10.2 Å². The quantitative estimate of drug-likeness (QED) is 0.446. The number of nitrogens with one attached hydrogen (secondary N) is 1. The Morgan fingerprint density at radius 1 is 1.03 bits per heavy atom. The van der Waals surface area contributed by atoms with E-state index in [4.69, 9.17) is 14.2 Å². The highest BCUT2D eigenvalue weighted by atomic mass is 32.1. The van der Waals surface area contributed by atoms with E-state index in [0.717, 1.165) is 41.9 Å². The van der Waals surface area contributed by atoms with E-state index in [9.17, 15) is 9.59 Å². The smallest absolute Gasteiger partial charge is 0.268 e. The molecule has 1 N–H and O–H groups in total. The molecule has 2 aliphatic rings. The lowest BCUT2D eigenvalue weighted by atomic mass is 9.95. The van der Waals surface area contributed by atoms with Gasteiger partial charge in [-0.05, 0) is 54.1 Å². The Morgan fingerprint density at radius 2 is 1.78 bits per heavy atom. The number of carbonyl (C=O) groups is 2. The Kier molecular flexibility index (Phi) is 7.94. The second-order valence-corrected chi connectivity index (χ2v) is 10.4. The molecule has 2 heterocycles. The molecule has 37 heavy (non-hydrogen) atoms. The van der Waals surface area contributed by atoms with Crippen molar-refractivity contribution in [3.8, 4) is 17.2 Å². The molecule has 8 heteroatoms. The molecule has 1 aliphatic carbocycles. The van der Waals surface area contributed by atoms with Gasteiger partial charge in [-0.3, -0.25) is 9.59 Å². The van der Waals surface area contributed by atoms with Crippen LogP contribution in [0.25, 0.3) is 0 Å². The average Bonchev–Trinajstić information content (AvgIpc) is 3.47. The fraction of sp³-hybridized carbons (Fsp3) is 0.379. The van der Waals surface area contributed by atoms with Crippen LogP contribution < -0.4 is 19.5 Å². The molecule has 3 aromatic rings. The first-order valence-corrected chi connectivity index (χ1v) is 13.7. The molecule has 5 rings (SSSR count). The molecule has 0 bridgehead atoms. The van der Waals surface area contributed by atoms with Gasteiger partial charge in [-0.25, -0.2) is 0 Å². The predicted molar refractivity (Wildman–Crippen MR) is 142 cm³/mol. The normalized spacial score (nSPS) is 18.0. The van der Waals surface area contributed by atoms with Gasteiger partial charge in [-0.1, -0.05) is 49.6 Å². The van der Waals surface area contributed by atoms with Crippen LogP contribution in [0, 0.1) is 0 Å². The van der Waals surface area contributed by atoms with E-state index in [-0.39, 0.29) is 31.0 Å². The molecule has 2 atom stereocenters. The summed E-state index contributed by atoms with van der Waals surface area (Å²) in [7, 11) is 1.62. The van der Waals surface area contributed by atoms with Crippen LogP contribution in [0.15, 0.2) is 66.0 Å². The molecule has 7 nitrogen and oxygen atoms in total. The zero-order valence-corrected chi connectivity index (χ0v) is 21.7. The highest BCUT2D eigenvalue weighted by molar-refractivity contribution is 7.10. The highest BCUT2D eigenvalue weighted by Gasteiger charge is 2.39. The number of rotatable bonds is 8. The lowest BCUT2D eigenvalue weighted by Gasteiger charge is -2.36. The Balaban J connectivity index is 1.46. The second-order valence-electron chi connectivity index (χ2n) is 9.44. The molecule has 1 aromatic heterocycles. The minimum atomic E-state index is -0.863. The lowest BCUT2D eigenvalue weighted by Crippen LogP contribution is -2.51. The third-order valence-electron chi connectivity index (χ3n) is 6.90. The van der Waals surface area contributed by atoms with Crippen molar-refractivity contribution in [2.75, 3.05) is 13.7 Å². The first kappa shape index (κ1) is 25.1. The van der Waals surface area contributed by atoms with Crippen LogP contribution in [-0.2, 0) is 16.1 Å². The van der Waals surface area contributed by atoms with Crippen molar-refractivity contribution >= 4 is 23.2 Å². The molecule has 0 saturated heterocycles. The van der Waals surface area contributed by atoms with Crippen molar-refractivity contribution in [1.29, 1.82) is 0 Å². The van der Waals surface area contributed by atoms with Crippen LogP contribution in [0.4, 0.5) is 0 Å². The third-order valence-corrected chi connectivity index (χ3v) is 7.83. The van der Waals surface area contributed by atoms with Gasteiger partial charge in [-0.2, -0.15) is 0 Å². The fourth-order valence-electron chi connectivity index (χ4n) is 4.95. The van der Waals surface area contributed by atoms with Gasteiger partial charge < -0.3 is 24.4 Å². The molecule has 1 aliphatic heterocycles. The number of nitrogens with zero attached hydrogens (tertiary/aromatic N) is 1. The van der Waals surface area contributed by atoms with Gasteiger partial charge in [0, 0.05) is 17.5 Å². The molecule has 0 spiro atoms. The molecule has 0 radical (unpaired) electrons. The molecule has 194 valence electrons. The first-order chi connectivity index (χ1) is 18.1. The van der Waals surface area contributed by atoms with Crippen molar-refractivity contribution in [2.45, 2.75) is 56.8 Å². The van der Waals surface area contributed by atoms with Crippen molar-refractivity contribution in [3.63, 3.8) is 0 Å². The monoisotopic (exact) mass is 520 g/mol. The summed E-state index contributed by atoms with van der Waals surface area (Å²) in [4.78, 5) is 30.4. The number of amides is 2. The largest absolute Gasteiger partial charge is 0.497 e. The summed E-state index contributed by atoms with van der Waals surface area (Å²) in [6.45, 7) is 0.321. The van der Waals surface area contributed by atoms with Crippen molar-refractivity contribution in [3.05, 3.63) is 76.5 Å². The fourth-order valence-corrected chi connectivity index (χ4v) is 5.78. The number of methoxy groups -OCH3 is 1. The predicted octanol–water partition coefficient (Wildman–Crippen LogP) is 5.12. The van der Waals surface area contributed by atoms with Crippen LogP contribution in [0.1, 0.15) is 48.6 Å². The maximum atomic E-state index is 14.1. The summed E-state index contributed by atoms with van der Waals surface area (Å²) in [6.07, 6.45) is 4.48. The molecular weight excluding hydrogens is 488 g/mol. The summed E-state index contributed by atoms with van der Waals surface area (Å²) in [5.74, 6) is 1.41. The summed E-state index contributed by atoms with van der Waals surface area (Å²) in [5.41, 5.74) is 0.887. The lowest BCUT2D eigenvalue weighted by molar-refractivity contribution is -0.149. The summed E-state index contributed by atoms with van der Waals surface area (Å²) >= 11 is 1.47. The highest BCUT2D eigenvalue weighted by Crippen LogP contribution is 2.34. The van der Waals surface area contributed by atoms with E-state index in [0.29, 0.717) is 11.5 Å². The van der Waals surface area contributed by atoms with Crippen LogP contribution in [0.5, 0.6) is 17.2 Å². The van der Waals surface area contributed by atoms with Gasteiger partial charge in [0.15, 0.2) is 11.5 Å². The number of benzene rings is 2. The minimum Gasteiger partial charge on any atom is -0.497 e. The zero-order valence-electron chi connectivity index (χ0n) is 20.9. The number of thiophene rings is 1. The number of hydrogen-bond donors (Lipinski definition) is 1. The number of hydrogen-bond acceptors (Lipinski definition) is 6.